The third kappa shape index (κ3) is 1.89. The maximum Gasteiger partial charge on any atom is 0.342 e. The molecule has 2 aliphatic rings. The van der Waals surface area contributed by atoms with Crippen molar-refractivity contribution in [2.24, 2.45) is 5.73 Å². The lowest BCUT2D eigenvalue weighted by atomic mass is 9.72. The summed E-state index contributed by atoms with van der Waals surface area (Å²) in [6.45, 7) is 1.74. The molecular formula is C19H15N3O4S. The lowest BCUT2D eigenvalue weighted by Crippen LogP contribution is -2.44. The van der Waals surface area contributed by atoms with Crippen molar-refractivity contribution < 1.29 is 19.1 Å². The van der Waals surface area contributed by atoms with Crippen LogP contribution < -0.4 is 15.4 Å². The van der Waals surface area contributed by atoms with Gasteiger partial charge in [0.05, 0.1) is 12.0 Å². The highest BCUT2D eigenvalue weighted by Gasteiger charge is 2.60. The SMILES string of the molecule is COC(=O)c1c(C)sc2c1OC(N)=C(C#N)C21C(=O)N(C)c2ccccc21. The first-order valence-corrected chi connectivity index (χ1v) is 8.89. The number of fused-ring (bicyclic) bond motifs is 4. The topological polar surface area (TPSA) is 106 Å². The van der Waals surface area contributed by atoms with Crippen molar-refractivity contribution in [1.82, 2.24) is 0 Å². The lowest BCUT2D eigenvalue weighted by molar-refractivity contribution is -0.120. The van der Waals surface area contributed by atoms with E-state index in [0.717, 1.165) is 0 Å². The molecule has 0 saturated carbocycles. The molecule has 4 rings (SSSR count). The number of para-hydroxylation sites is 1. The molecule has 8 heteroatoms. The number of nitrogens with zero attached hydrogens (tertiary/aromatic N) is 2. The lowest BCUT2D eigenvalue weighted by Gasteiger charge is -2.32. The Kier molecular flexibility index (Phi) is 3.55. The molecule has 0 aliphatic carbocycles. The van der Waals surface area contributed by atoms with Gasteiger partial charge < -0.3 is 20.1 Å². The fourth-order valence-corrected chi connectivity index (χ4v) is 5.10. The summed E-state index contributed by atoms with van der Waals surface area (Å²) >= 11 is 1.23. The van der Waals surface area contributed by atoms with Crippen molar-refractivity contribution in [2.75, 3.05) is 19.1 Å². The van der Waals surface area contributed by atoms with Gasteiger partial charge in [-0.25, -0.2) is 4.79 Å². The minimum absolute atomic E-state index is 0.0227. The number of nitriles is 1. The minimum Gasteiger partial charge on any atom is -0.465 e. The van der Waals surface area contributed by atoms with E-state index in [1.165, 1.54) is 23.3 Å². The van der Waals surface area contributed by atoms with Gasteiger partial charge in [0.1, 0.15) is 17.2 Å². The molecule has 27 heavy (non-hydrogen) atoms. The minimum atomic E-state index is -1.43. The Labute approximate surface area is 159 Å². The first-order valence-electron chi connectivity index (χ1n) is 8.07. The molecule has 0 saturated heterocycles. The molecule has 1 aromatic carbocycles. The number of amides is 1. The van der Waals surface area contributed by atoms with E-state index in [4.69, 9.17) is 15.2 Å². The third-order valence-electron chi connectivity index (χ3n) is 5.01. The first kappa shape index (κ1) is 17.1. The number of anilines is 1. The molecule has 1 amide bonds. The molecule has 136 valence electrons. The summed E-state index contributed by atoms with van der Waals surface area (Å²) < 4.78 is 10.5. The number of hydrogen-bond acceptors (Lipinski definition) is 7. The van der Waals surface area contributed by atoms with Gasteiger partial charge in [-0.05, 0) is 13.0 Å². The number of hydrogen-bond donors (Lipinski definition) is 1. The van der Waals surface area contributed by atoms with Crippen molar-refractivity contribution >= 4 is 28.9 Å². The van der Waals surface area contributed by atoms with Crippen LogP contribution in [0.5, 0.6) is 5.75 Å². The summed E-state index contributed by atoms with van der Waals surface area (Å²) in [5.41, 5.74) is 6.19. The maximum atomic E-state index is 13.5. The number of nitrogens with two attached hydrogens (primary N) is 1. The van der Waals surface area contributed by atoms with Crippen molar-refractivity contribution in [3.05, 3.63) is 56.6 Å². The smallest absolute Gasteiger partial charge is 0.342 e. The van der Waals surface area contributed by atoms with Crippen molar-refractivity contribution in [2.45, 2.75) is 12.3 Å². The van der Waals surface area contributed by atoms with E-state index in [9.17, 15) is 14.9 Å². The number of ether oxygens (including phenoxy) is 2. The van der Waals surface area contributed by atoms with Gasteiger partial charge in [0.2, 0.25) is 11.8 Å². The molecule has 0 bridgehead atoms. The molecule has 7 nitrogen and oxygen atoms in total. The predicted octanol–water partition coefficient (Wildman–Crippen LogP) is 2.19. The second-order valence-electron chi connectivity index (χ2n) is 6.27. The average Bonchev–Trinajstić information content (AvgIpc) is 3.10. The molecule has 3 heterocycles. The average molecular weight is 381 g/mol. The highest BCUT2D eigenvalue weighted by molar-refractivity contribution is 7.13. The molecule has 0 fully saturated rings. The fourth-order valence-electron chi connectivity index (χ4n) is 3.83. The van der Waals surface area contributed by atoms with E-state index in [-0.39, 0.29) is 28.7 Å². The van der Waals surface area contributed by atoms with Crippen molar-refractivity contribution in [3.63, 3.8) is 0 Å². The number of benzene rings is 1. The van der Waals surface area contributed by atoms with Crippen LogP contribution in [-0.4, -0.2) is 26.0 Å². The summed E-state index contributed by atoms with van der Waals surface area (Å²) in [5.74, 6) is -0.906. The summed E-state index contributed by atoms with van der Waals surface area (Å²) in [5, 5.41) is 9.85. The first-order chi connectivity index (χ1) is 12.9. The zero-order valence-electron chi connectivity index (χ0n) is 14.8. The summed E-state index contributed by atoms with van der Waals surface area (Å²) in [6.07, 6.45) is 0. The Morgan fingerprint density at radius 3 is 2.78 bits per heavy atom. The summed E-state index contributed by atoms with van der Waals surface area (Å²) in [4.78, 5) is 28.4. The Hall–Kier alpha value is -3.31. The quantitative estimate of drug-likeness (QED) is 0.759. The van der Waals surface area contributed by atoms with Gasteiger partial charge in [-0.15, -0.1) is 11.3 Å². The zero-order valence-corrected chi connectivity index (χ0v) is 15.6. The van der Waals surface area contributed by atoms with E-state index >= 15 is 0 Å². The Bertz CT molecular complexity index is 1090. The Balaban J connectivity index is 2.16. The molecule has 2 aliphatic heterocycles. The predicted molar refractivity (Wildman–Crippen MR) is 98.5 cm³/mol. The third-order valence-corrected chi connectivity index (χ3v) is 6.22. The molecular weight excluding hydrogens is 366 g/mol. The Morgan fingerprint density at radius 1 is 1.41 bits per heavy atom. The highest BCUT2D eigenvalue weighted by atomic mass is 32.1. The van der Waals surface area contributed by atoms with Crippen molar-refractivity contribution in [3.8, 4) is 11.8 Å². The van der Waals surface area contributed by atoms with Gasteiger partial charge in [0.15, 0.2) is 11.2 Å². The molecule has 1 spiro atoms. The summed E-state index contributed by atoms with van der Waals surface area (Å²) in [7, 11) is 2.92. The monoisotopic (exact) mass is 381 g/mol. The van der Waals surface area contributed by atoms with E-state index in [2.05, 4.69) is 6.07 Å². The Morgan fingerprint density at radius 2 is 2.11 bits per heavy atom. The maximum absolute atomic E-state index is 13.5. The molecule has 0 radical (unpaired) electrons. The number of thiophene rings is 1. The molecule has 1 atom stereocenters. The molecule has 2 N–H and O–H groups in total. The van der Waals surface area contributed by atoms with Gasteiger partial charge in [0.25, 0.3) is 0 Å². The number of likely N-dealkylation sites (N-methyl/N-ethyl adjacent to an activating group) is 1. The van der Waals surface area contributed by atoms with Crippen LogP contribution in [0.15, 0.2) is 35.7 Å². The number of carbonyl (C=O) groups excluding carboxylic acids is 2. The number of aryl methyl sites for hydroxylation is 1. The second kappa shape index (κ2) is 5.59. The normalized spacial score (nSPS) is 20.2. The van der Waals surface area contributed by atoms with Crippen LogP contribution in [0.25, 0.3) is 0 Å². The second-order valence-corrected chi connectivity index (χ2v) is 7.49. The van der Waals surface area contributed by atoms with E-state index in [1.54, 1.807) is 26.1 Å². The van der Waals surface area contributed by atoms with Crippen LogP contribution in [-0.2, 0) is 14.9 Å². The highest BCUT2D eigenvalue weighted by Crippen LogP contribution is 2.58. The van der Waals surface area contributed by atoms with Gasteiger partial charge in [-0.2, -0.15) is 5.26 Å². The van der Waals surface area contributed by atoms with Crippen LogP contribution in [0.1, 0.15) is 25.7 Å². The molecule has 1 unspecified atom stereocenters. The van der Waals surface area contributed by atoms with Crippen LogP contribution >= 0.6 is 11.3 Å². The number of rotatable bonds is 1. The van der Waals surface area contributed by atoms with Crippen LogP contribution in [0.4, 0.5) is 5.69 Å². The van der Waals surface area contributed by atoms with Gasteiger partial charge >= 0.3 is 5.97 Å². The van der Waals surface area contributed by atoms with Crippen LogP contribution in [0.3, 0.4) is 0 Å². The molecule has 2 aromatic rings. The van der Waals surface area contributed by atoms with E-state index < -0.39 is 11.4 Å². The summed E-state index contributed by atoms with van der Waals surface area (Å²) in [6, 6.07) is 9.29. The fraction of sp³-hybridized carbons (Fsp3) is 0.211. The van der Waals surface area contributed by atoms with Crippen LogP contribution in [0.2, 0.25) is 0 Å². The number of methoxy groups -OCH3 is 1. The zero-order chi connectivity index (χ0) is 19.5. The van der Waals surface area contributed by atoms with Crippen LogP contribution in [0, 0.1) is 18.3 Å². The number of esters is 1. The van der Waals surface area contributed by atoms with E-state index in [0.29, 0.717) is 21.0 Å². The van der Waals surface area contributed by atoms with Gasteiger partial charge in [0, 0.05) is 23.2 Å². The largest absolute Gasteiger partial charge is 0.465 e. The van der Waals surface area contributed by atoms with Crippen molar-refractivity contribution in [1.29, 1.82) is 5.26 Å². The van der Waals surface area contributed by atoms with E-state index in [1.807, 2.05) is 12.1 Å². The van der Waals surface area contributed by atoms with Gasteiger partial charge in [-0.1, -0.05) is 18.2 Å². The number of carbonyl (C=O) groups is 2. The molecule has 1 aromatic heterocycles. The standard InChI is InChI=1S/C19H15N3O4S/c1-9-13(17(23)25-3)14-15(27-9)19(11(8-20)16(21)26-14)10-6-4-5-7-12(10)22(2)18(19)24/h4-7H,21H2,1-3H3. The van der Waals surface area contributed by atoms with Gasteiger partial charge in [-0.3, -0.25) is 4.79 Å².